The second kappa shape index (κ2) is 34.9. The molecule has 2 radical (unpaired) electrons. The number of amides is 3. The van der Waals surface area contributed by atoms with Gasteiger partial charge in [0.15, 0.2) is 0 Å². The standard InChI is InChI=1S/C26H47N3O4.C17H32N2O3.C9H17NO2.BH.ClH.U/c1-11-33-25(32)19(6)16-21(17(2)3)28(10)24(31)22(26(7,8)9)27-23(30)20-14-12-13-15-29(20)18(4)5;1-9-22-16(21)12(4)10-13(11(2)3)19(8)15(20)14(18)17(5,6)7;1-7(2)10-6-4-3-5-8(10)9(11)12;;;/h16-18,20-22H,11-15H2,1-10H3,(H,27,30);10-11,13-14H,9,18H2,1-8H3;7-8H,3-6H2,1-2H3,(H,11,12);2*1H;/b19-16+;12-10+;;;;/t20?,21-,22-;13-,14-;8-;;;/m111.../s1/i;;;1T;;. The van der Waals surface area contributed by atoms with E-state index in [1.165, 1.54) is 0 Å². The molecule has 2 rings (SSSR count). The fourth-order valence-corrected chi connectivity index (χ4v) is 8.31. The smallest absolute Gasteiger partial charge is 0.333 e. The maximum absolute atomic E-state index is 13.7. The molecule has 0 saturated carbocycles. The molecule has 2 fully saturated rings. The molecule has 2 aliphatic heterocycles. The first-order valence-electron chi connectivity index (χ1n) is 25.4. The van der Waals surface area contributed by atoms with E-state index in [4.69, 9.17) is 21.6 Å². The van der Waals surface area contributed by atoms with Crippen LogP contribution in [-0.2, 0) is 38.2 Å². The molecule has 15 nitrogen and oxygen atoms in total. The van der Waals surface area contributed by atoms with Crippen molar-refractivity contribution < 1.29 is 74.5 Å². The van der Waals surface area contributed by atoms with E-state index in [1.807, 2.05) is 69.2 Å². The summed E-state index contributed by atoms with van der Waals surface area (Å²) in [6.07, 6.45) is 9.51. The minimum Gasteiger partial charge on any atom is -0.480 e. The molecule has 1 unspecified atom stereocenters. The Morgan fingerprint density at radius 1 is 0.700 bits per heavy atom. The number of halogens is 1. The molecule has 6 atom stereocenters. The Hall–Kier alpha value is -2.41. The van der Waals surface area contributed by atoms with Crippen LogP contribution in [-0.4, -0.2) is 159 Å². The summed E-state index contributed by atoms with van der Waals surface area (Å²) in [6.45, 7) is 37.5. The van der Waals surface area contributed by atoms with Crippen LogP contribution in [0.5, 0.6) is 0 Å². The molecule has 0 aliphatic carbocycles. The van der Waals surface area contributed by atoms with E-state index in [2.05, 4.69) is 51.2 Å². The molecule has 0 aromatic carbocycles. The molecule has 2 heterocycles. The molecule has 2 aliphatic rings. The van der Waals surface area contributed by atoms with E-state index >= 15 is 0 Å². The van der Waals surface area contributed by atoms with Gasteiger partial charge in [0.05, 0.1) is 37.4 Å². The van der Waals surface area contributed by atoms with Crippen molar-refractivity contribution in [2.75, 3.05) is 40.4 Å². The third-order valence-corrected chi connectivity index (χ3v) is 12.6. The number of nitrogens with zero attached hydrogens (tertiary/aromatic N) is 4. The average Bonchev–Trinajstić information content (AvgIpc) is 3.27. The van der Waals surface area contributed by atoms with Crippen LogP contribution >= 0.6 is 12.4 Å². The molecule has 0 aromatic heterocycles. The number of carboxylic acids is 1. The molecular formula is C52H98BClN6O9U. The first-order valence-corrected chi connectivity index (χ1v) is 24.8. The SMILES string of the molecule is CC(C)N1CCCC[C@@H]1C(=O)O.CCOC(=O)/C(C)=C/[C@H](C(C)C)N(C)C(=O)[C@@H](N)C(C)(C)C.CCOC(=O)/C(C)=C/[C@H](C(C)C)N(C)C(=O)[C@@H](NC(=O)C1CCCCN1C(C)C)C(C)(C)C.Cl.[3H][B].[U]. The van der Waals surface area contributed by atoms with Crippen molar-refractivity contribution in [2.45, 2.75) is 211 Å². The second-order valence-electron chi connectivity index (χ2n) is 21.7. The molecule has 70 heavy (non-hydrogen) atoms. The van der Waals surface area contributed by atoms with Gasteiger partial charge in [-0.05, 0) is 118 Å². The van der Waals surface area contributed by atoms with Gasteiger partial charge < -0.3 is 35.4 Å². The van der Waals surface area contributed by atoms with Crippen molar-refractivity contribution in [3.05, 3.63) is 23.3 Å². The Morgan fingerprint density at radius 3 is 1.36 bits per heavy atom. The van der Waals surface area contributed by atoms with Crippen LogP contribution in [0.2, 0.25) is 0 Å². The predicted molar refractivity (Wildman–Crippen MR) is 283 cm³/mol. The second-order valence-corrected chi connectivity index (χ2v) is 21.7. The van der Waals surface area contributed by atoms with Gasteiger partial charge in [-0.3, -0.25) is 29.0 Å². The Bertz CT molecular complexity index is 1670. The number of likely N-dealkylation sites (N-methyl/N-ethyl adjacent to an activating group) is 2. The van der Waals surface area contributed by atoms with Gasteiger partial charge in [-0.25, -0.2) is 9.59 Å². The molecule has 0 aromatic rings. The first kappa shape index (κ1) is 71.8. The summed E-state index contributed by atoms with van der Waals surface area (Å²) in [4.78, 5) is 81.9. The number of carboxylic acid groups (broad SMARTS) is 1. The Labute approximate surface area is 458 Å². The summed E-state index contributed by atoms with van der Waals surface area (Å²) in [5, 5.41) is 12.0. The van der Waals surface area contributed by atoms with Crippen LogP contribution in [0, 0.1) is 53.8 Å². The van der Waals surface area contributed by atoms with Crippen LogP contribution in [0.4, 0.5) is 0 Å². The number of carbonyl (C=O) groups is 6. The normalized spacial score (nSPS) is 18.8. The number of nitrogens with two attached hydrogens (primary N) is 1. The van der Waals surface area contributed by atoms with E-state index in [-0.39, 0.29) is 121 Å². The quantitative estimate of drug-likeness (QED) is 0.0754. The third kappa shape index (κ3) is 24.5. The number of aliphatic carboxylic acids is 1. The largest absolute Gasteiger partial charge is 0.480 e. The summed E-state index contributed by atoms with van der Waals surface area (Å²) in [6, 6.07) is -1.60. The Morgan fingerprint density at radius 2 is 1.06 bits per heavy atom. The number of hydrogen-bond acceptors (Lipinski definition) is 11. The van der Waals surface area contributed by atoms with Crippen LogP contribution < -0.4 is 11.1 Å². The van der Waals surface area contributed by atoms with E-state index in [9.17, 15) is 28.8 Å². The molecule has 3 amide bonds. The average molecular weight is 1240 g/mol. The monoisotopic (exact) mass is 1240 g/mol. The van der Waals surface area contributed by atoms with Crippen LogP contribution in [0.3, 0.4) is 0 Å². The topological polar surface area (TPSA) is 192 Å². The van der Waals surface area contributed by atoms with Gasteiger partial charge in [-0.2, -0.15) is 0 Å². The van der Waals surface area contributed by atoms with Gasteiger partial charge in [-0.15, -0.1) is 12.4 Å². The van der Waals surface area contributed by atoms with Crippen LogP contribution in [0.1, 0.15) is 163 Å². The number of piperidine rings is 2. The maximum atomic E-state index is 13.7. The van der Waals surface area contributed by atoms with E-state index in [1.54, 1.807) is 63.7 Å². The number of nitrogens with one attached hydrogen (secondary N) is 1. The molecule has 0 spiro atoms. The first-order chi connectivity index (χ1) is 31.8. The number of likely N-dealkylation sites (tertiary alicyclic amines) is 2. The van der Waals surface area contributed by atoms with Crippen molar-refractivity contribution in [3.63, 3.8) is 0 Å². The predicted octanol–water partition coefficient (Wildman–Crippen LogP) is 7.23. The molecular weight excluding hydrogens is 1140 g/mol. The summed E-state index contributed by atoms with van der Waals surface area (Å²) in [5.74, 6) is -1.52. The molecule has 0 bridgehead atoms. The summed E-state index contributed by atoms with van der Waals surface area (Å²) in [5.41, 5.74) is 6.26. The van der Waals surface area contributed by atoms with Gasteiger partial charge in [0, 0.05) is 76.8 Å². The molecule has 18 heteroatoms. The molecule has 4 N–H and O–H groups in total. The maximum Gasteiger partial charge on any atom is 0.333 e. The summed E-state index contributed by atoms with van der Waals surface area (Å²) >= 11 is 0. The van der Waals surface area contributed by atoms with Crippen LogP contribution in [0.25, 0.3) is 0 Å². The van der Waals surface area contributed by atoms with E-state index in [0.29, 0.717) is 30.4 Å². The van der Waals surface area contributed by atoms with Crippen molar-refractivity contribution in [2.24, 2.45) is 28.4 Å². The number of rotatable bonds is 17. The van der Waals surface area contributed by atoms with Crippen molar-refractivity contribution in [1.29, 1.82) is 1.34 Å². The van der Waals surface area contributed by atoms with E-state index in [0.717, 1.165) is 51.6 Å². The number of hydrogen-bond donors (Lipinski definition) is 3. The fourth-order valence-electron chi connectivity index (χ4n) is 8.31. The third-order valence-electron chi connectivity index (χ3n) is 12.6. The van der Waals surface area contributed by atoms with Crippen LogP contribution in [0.15, 0.2) is 23.3 Å². The van der Waals surface area contributed by atoms with Gasteiger partial charge in [0.2, 0.25) is 17.7 Å². The zero-order chi connectivity index (χ0) is 54.3. The van der Waals surface area contributed by atoms with E-state index < -0.39 is 23.5 Å². The number of ether oxygens (including phenoxy) is 2. The Kier molecular flexibility index (Phi) is 35.8. The minimum absolute atomic E-state index is 0. The van der Waals surface area contributed by atoms with Crippen molar-refractivity contribution in [1.82, 2.24) is 24.9 Å². The van der Waals surface area contributed by atoms with Gasteiger partial charge in [0.25, 0.3) is 0 Å². The number of esters is 2. The summed E-state index contributed by atoms with van der Waals surface area (Å²) < 4.78 is 15.3. The molecule has 2 saturated heterocycles. The van der Waals surface area contributed by atoms with Gasteiger partial charge in [-0.1, -0.05) is 94.2 Å². The zero-order valence-corrected chi connectivity index (χ0v) is 52.0. The molecule has 404 valence electrons. The van der Waals surface area contributed by atoms with Gasteiger partial charge >= 0.3 is 17.9 Å². The Balaban J connectivity index is -0.000000507. The fraction of sp³-hybridized carbons (Fsp3) is 0.808. The number of carbonyl (C=O) groups excluding carboxylic acids is 5. The van der Waals surface area contributed by atoms with Gasteiger partial charge in [0.1, 0.15) is 12.1 Å². The van der Waals surface area contributed by atoms with Crippen molar-refractivity contribution in [3.8, 4) is 0 Å². The van der Waals surface area contributed by atoms with Crippen molar-refractivity contribution >= 4 is 56.4 Å². The summed E-state index contributed by atoms with van der Waals surface area (Å²) in [7, 11) is 7.22. The zero-order valence-electron chi connectivity index (χ0n) is 48.1. The minimum atomic E-state index is -0.677.